The zero-order valence-electron chi connectivity index (χ0n) is 18.5. The van der Waals surface area contributed by atoms with Gasteiger partial charge in [-0.1, -0.05) is 30.3 Å². The van der Waals surface area contributed by atoms with E-state index in [1.54, 1.807) is 7.05 Å². The van der Waals surface area contributed by atoms with E-state index in [1.807, 2.05) is 38.8 Å². The number of nitrogens with one attached hydrogen (secondary N) is 2. The lowest BCUT2D eigenvalue weighted by molar-refractivity contribution is -0.122. The van der Waals surface area contributed by atoms with Gasteiger partial charge in [-0.2, -0.15) is 0 Å². The molecule has 1 aromatic rings. The number of nitrogens with zero attached hydrogens (tertiary/aromatic N) is 3. The molecule has 1 rings (SSSR count). The van der Waals surface area contributed by atoms with Gasteiger partial charge in [0.15, 0.2) is 5.96 Å². The summed E-state index contributed by atoms with van der Waals surface area (Å²) >= 11 is 0. The van der Waals surface area contributed by atoms with E-state index in [0.29, 0.717) is 6.04 Å². The van der Waals surface area contributed by atoms with Gasteiger partial charge in [0.2, 0.25) is 5.91 Å². The van der Waals surface area contributed by atoms with Crippen molar-refractivity contribution in [1.29, 1.82) is 0 Å². The van der Waals surface area contributed by atoms with E-state index in [0.717, 1.165) is 25.5 Å². The molecule has 1 amide bonds. The van der Waals surface area contributed by atoms with E-state index in [2.05, 4.69) is 58.8 Å². The van der Waals surface area contributed by atoms with E-state index in [-0.39, 0.29) is 42.0 Å². The van der Waals surface area contributed by atoms with Crippen LogP contribution in [0.1, 0.15) is 39.7 Å². The maximum atomic E-state index is 12.1. The predicted octanol–water partition coefficient (Wildman–Crippen LogP) is 2.94. The monoisotopic (exact) mass is 503 g/mol. The average molecular weight is 503 g/mol. The van der Waals surface area contributed by atoms with Crippen molar-refractivity contribution in [1.82, 2.24) is 20.4 Å². The molecule has 0 saturated carbocycles. The van der Waals surface area contributed by atoms with Crippen molar-refractivity contribution in [2.75, 3.05) is 34.2 Å². The molecule has 1 atom stereocenters. The lowest BCUT2D eigenvalue weighted by Gasteiger charge is -2.27. The van der Waals surface area contributed by atoms with Crippen LogP contribution in [0, 0.1) is 0 Å². The molecule has 0 heterocycles. The van der Waals surface area contributed by atoms with Gasteiger partial charge in [-0.15, -0.1) is 24.0 Å². The van der Waals surface area contributed by atoms with Crippen LogP contribution >= 0.6 is 24.0 Å². The third kappa shape index (κ3) is 10.8. The highest BCUT2D eigenvalue weighted by Crippen LogP contribution is 2.08. The van der Waals surface area contributed by atoms with Gasteiger partial charge in [-0.3, -0.25) is 14.7 Å². The summed E-state index contributed by atoms with van der Waals surface area (Å²) in [5.41, 5.74) is 1.09. The van der Waals surface area contributed by atoms with Crippen LogP contribution < -0.4 is 10.6 Å². The third-order valence-electron chi connectivity index (χ3n) is 4.34. The van der Waals surface area contributed by atoms with E-state index < -0.39 is 0 Å². The number of halogens is 1. The number of carbonyl (C=O) groups is 1. The van der Waals surface area contributed by atoms with Gasteiger partial charge >= 0.3 is 0 Å². The van der Waals surface area contributed by atoms with Gasteiger partial charge in [0.25, 0.3) is 0 Å². The van der Waals surface area contributed by atoms with Crippen molar-refractivity contribution in [3.63, 3.8) is 0 Å². The number of benzene rings is 1. The number of amides is 1. The smallest absolute Gasteiger partial charge is 0.240 e. The fourth-order valence-electron chi connectivity index (χ4n) is 2.77. The standard InChI is InChI=1S/C21H37N5O.HI/c1-17(25(6)15-18-11-9-8-10-12-18)13-14-23-20(22-5)26(7)16-19(27)24-21(2,3)4;/h8-12,17H,13-16H2,1-7H3,(H,22,23)(H,24,27);1H. The second kappa shape index (κ2) is 13.0. The summed E-state index contributed by atoms with van der Waals surface area (Å²) in [4.78, 5) is 20.6. The molecular formula is C21H38IN5O. The first kappa shape index (κ1) is 26.6. The van der Waals surface area contributed by atoms with E-state index >= 15 is 0 Å². The van der Waals surface area contributed by atoms with Gasteiger partial charge in [0.1, 0.15) is 0 Å². The molecule has 0 spiro atoms. The zero-order chi connectivity index (χ0) is 20.4. The molecule has 1 unspecified atom stereocenters. The Morgan fingerprint density at radius 1 is 1.18 bits per heavy atom. The molecule has 0 aromatic heterocycles. The summed E-state index contributed by atoms with van der Waals surface area (Å²) in [5, 5.41) is 6.33. The van der Waals surface area contributed by atoms with Crippen molar-refractivity contribution in [2.45, 2.75) is 52.2 Å². The predicted molar refractivity (Wildman–Crippen MR) is 129 cm³/mol. The minimum atomic E-state index is -0.229. The van der Waals surface area contributed by atoms with Crippen LogP contribution in [0.4, 0.5) is 0 Å². The van der Waals surface area contributed by atoms with Crippen molar-refractivity contribution in [2.24, 2.45) is 4.99 Å². The SMILES string of the molecule is CN=C(NCCC(C)N(C)Cc1ccccc1)N(C)CC(=O)NC(C)(C)C.I. The van der Waals surface area contributed by atoms with Gasteiger partial charge < -0.3 is 15.5 Å². The highest BCUT2D eigenvalue weighted by atomic mass is 127. The second-order valence-corrected chi connectivity index (χ2v) is 8.17. The molecule has 0 fully saturated rings. The molecule has 6 nitrogen and oxygen atoms in total. The lowest BCUT2D eigenvalue weighted by atomic mass is 10.1. The van der Waals surface area contributed by atoms with Gasteiger partial charge in [-0.05, 0) is 46.7 Å². The molecule has 160 valence electrons. The Hall–Kier alpha value is -1.35. The molecule has 28 heavy (non-hydrogen) atoms. The average Bonchev–Trinajstić information content (AvgIpc) is 2.57. The first-order chi connectivity index (χ1) is 12.6. The number of guanidine groups is 1. The first-order valence-corrected chi connectivity index (χ1v) is 9.59. The van der Waals surface area contributed by atoms with Crippen molar-refractivity contribution < 1.29 is 4.79 Å². The van der Waals surface area contributed by atoms with Gasteiger partial charge in [0, 0.05) is 38.8 Å². The molecular weight excluding hydrogens is 465 g/mol. The maximum absolute atomic E-state index is 12.1. The lowest BCUT2D eigenvalue weighted by Crippen LogP contribution is -2.49. The normalized spacial score (nSPS) is 12.9. The van der Waals surface area contributed by atoms with Crippen LogP contribution in [0.25, 0.3) is 0 Å². The fraction of sp³-hybridized carbons (Fsp3) is 0.619. The summed E-state index contributed by atoms with van der Waals surface area (Å²) < 4.78 is 0. The highest BCUT2D eigenvalue weighted by molar-refractivity contribution is 14.0. The van der Waals surface area contributed by atoms with Crippen molar-refractivity contribution >= 4 is 35.8 Å². The van der Waals surface area contributed by atoms with E-state index in [1.165, 1.54) is 5.56 Å². The zero-order valence-corrected chi connectivity index (χ0v) is 20.8. The topological polar surface area (TPSA) is 60.0 Å². The number of hydrogen-bond acceptors (Lipinski definition) is 3. The van der Waals surface area contributed by atoms with Crippen molar-refractivity contribution in [3.05, 3.63) is 35.9 Å². The molecule has 1 aromatic carbocycles. The van der Waals surface area contributed by atoms with Crippen LogP contribution in [0.5, 0.6) is 0 Å². The molecule has 0 aliphatic heterocycles. The Morgan fingerprint density at radius 3 is 2.32 bits per heavy atom. The quantitative estimate of drug-likeness (QED) is 0.326. The van der Waals surface area contributed by atoms with Gasteiger partial charge in [0.05, 0.1) is 6.54 Å². The largest absolute Gasteiger partial charge is 0.356 e. The van der Waals surface area contributed by atoms with Crippen LogP contribution in [0.15, 0.2) is 35.3 Å². The minimum Gasteiger partial charge on any atom is -0.356 e. The van der Waals surface area contributed by atoms with Gasteiger partial charge in [-0.25, -0.2) is 0 Å². The second-order valence-electron chi connectivity index (χ2n) is 8.17. The first-order valence-electron chi connectivity index (χ1n) is 9.59. The summed E-state index contributed by atoms with van der Waals surface area (Å²) in [6, 6.07) is 10.9. The number of hydrogen-bond donors (Lipinski definition) is 2. The molecule has 0 radical (unpaired) electrons. The summed E-state index contributed by atoms with van der Waals surface area (Å²) in [6.45, 7) is 10.2. The number of aliphatic imine (C=N–C) groups is 1. The Bertz CT molecular complexity index is 601. The van der Waals surface area contributed by atoms with Crippen molar-refractivity contribution in [3.8, 4) is 0 Å². The Morgan fingerprint density at radius 2 is 1.79 bits per heavy atom. The number of carbonyl (C=O) groups excluding carboxylic acids is 1. The van der Waals surface area contributed by atoms with E-state index in [9.17, 15) is 4.79 Å². The molecule has 0 bridgehead atoms. The van der Waals surface area contributed by atoms with Crippen LogP contribution in [0.3, 0.4) is 0 Å². The highest BCUT2D eigenvalue weighted by Gasteiger charge is 2.17. The molecule has 7 heteroatoms. The summed E-state index contributed by atoms with van der Waals surface area (Å²) in [7, 11) is 5.77. The summed E-state index contributed by atoms with van der Waals surface area (Å²) in [5.74, 6) is 0.723. The Labute approximate surface area is 188 Å². The van der Waals surface area contributed by atoms with Crippen LogP contribution in [0.2, 0.25) is 0 Å². The number of likely N-dealkylation sites (N-methyl/N-ethyl adjacent to an activating group) is 1. The molecule has 0 aliphatic carbocycles. The molecule has 0 aliphatic rings. The minimum absolute atomic E-state index is 0. The Kier molecular flexibility index (Phi) is 12.4. The summed E-state index contributed by atoms with van der Waals surface area (Å²) in [6.07, 6.45) is 0.990. The fourth-order valence-corrected chi connectivity index (χ4v) is 2.77. The molecule has 2 N–H and O–H groups in total. The number of rotatable bonds is 8. The van der Waals surface area contributed by atoms with Crippen LogP contribution in [-0.4, -0.2) is 67.5 Å². The Balaban J connectivity index is 0.00000729. The third-order valence-corrected chi connectivity index (χ3v) is 4.34. The molecule has 0 saturated heterocycles. The van der Waals surface area contributed by atoms with Crippen LogP contribution in [-0.2, 0) is 11.3 Å². The van der Waals surface area contributed by atoms with E-state index in [4.69, 9.17) is 0 Å². The maximum Gasteiger partial charge on any atom is 0.240 e.